The topological polar surface area (TPSA) is 32.3 Å². The molecule has 0 aromatic heterocycles. The molecular formula is C16H25ClN2O. The fourth-order valence-electron chi connectivity index (χ4n) is 2.67. The SMILES string of the molecule is CN(C(=O)CC(C)(C)c1ccccc1)C1CCNC1.Cl. The van der Waals surface area contributed by atoms with Gasteiger partial charge in [0.1, 0.15) is 0 Å². The van der Waals surface area contributed by atoms with Crippen LogP contribution in [0.2, 0.25) is 0 Å². The molecule has 1 N–H and O–H groups in total. The van der Waals surface area contributed by atoms with Crippen LogP contribution < -0.4 is 5.32 Å². The molecule has 20 heavy (non-hydrogen) atoms. The maximum Gasteiger partial charge on any atom is 0.223 e. The first-order valence-corrected chi connectivity index (χ1v) is 7.02. The monoisotopic (exact) mass is 296 g/mol. The van der Waals surface area contributed by atoms with Gasteiger partial charge in [0, 0.05) is 26.1 Å². The number of amides is 1. The maximum atomic E-state index is 12.4. The van der Waals surface area contributed by atoms with Gasteiger partial charge in [0.25, 0.3) is 0 Å². The van der Waals surface area contributed by atoms with Crippen molar-refractivity contribution in [3.8, 4) is 0 Å². The number of hydrogen-bond acceptors (Lipinski definition) is 2. The average molecular weight is 297 g/mol. The van der Waals surface area contributed by atoms with Crippen LogP contribution in [0.25, 0.3) is 0 Å². The van der Waals surface area contributed by atoms with Crippen molar-refractivity contribution in [2.45, 2.75) is 38.1 Å². The third-order valence-corrected chi connectivity index (χ3v) is 4.12. The van der Waals surface area contributed by atoms with Gasteiger partial charge >= 0.3 is 0 Å². The first kappa shape index (κ1) is 17.0. The molecule has 1 fully saturated rings. The highest BCUT2D eigenvalue weighted by Crippen LogP contribution is 2.27. The molecule has 1 aromatic carbocycles. The molecule has 0 bridgehead atoms. The Morgan fingerprint density at radius 2 is 2.00 bits per heavy atom. The van der Waals surface area contributed by atoms with Gasteiger partial charge in [-0.05, 0) is 23.9 Å². The van der Waals surface area contributed by atoms with E-state index in [0.29, 0.717) is 12.5 Å². The second kappa shape index (κ2) is 7.09. The first-order chi connectivity index (χ1) is 9.00. The smallest absolute Gasteiger partial charge is 0.223 e. The Balaban J connectivity index is 0.00000200. The summed E-state index contributed by atoms with van der Waals surface area (Å²) < 4.78 is 0. The highest BCUT2D eigenvalue weighted by Gasteiger charge is 2.29. The van der Waals surface area contributed by atoms with Gasteiger partial charge in [0.05, 0.1) is 0 Å². The molecule has 1 unspecified atom stereocenters. The predicted molar refractivity (Wildman–Crippen MR) is 85.4 cm³/mol. The molecule has 4 heteroatoms. The number of benzene rings is 1. The lowest BCUT2D eigenvalue weighted by Gasteiger charge is -2.30. The molecule has 0 aliphatic carbocycles. The van der Waals surface area contributed by atoms with Crippen molar-refractivity contribution < 1.29 is 4.79 Å². The van der Waals surface area contributed by atoms with Gasteiger partial charge < -0.3 is 10.2 Å². The Kier molecular flexibility index (Phi) is 6.03. The van der Waals surface area contributed by atoms with Crippen LogP contribution in [-0.4, -0.2) is 37.0 Å². The van der Waals surface area contributed by atoms with E-state index in [1.165, 1.54) is 5.56 Å². The van der Waals surface area contributed by atoms with E-state index in [1.54, 1.807) is 0 Å². The van der Waals surface area contributed by atoms with Crippen LogP contribution in [0.3, 0.4) is 0 Å². The minimum absolute atomic E-state index is 0. The molecule has 1 heterocycles. The van der Waals surface area contributed by atoms with Crippen molar-refractivity contribution in [3.05, 3.63) is 35.9 Å². The van der Waals surface area contributed by atoms with Crippen molar-refractivity contribution in [2.24, 2.45) is 0 Å². The van der Waals surface area contributed by atoms with Crippen LogP contribution in [0.15, 0.2) is 30.3 Å². The molecule has 2 rings (SSSR count). The van der Waals surface area contributed by atoms with Gasteiger partial charge in [-0.15, -0.1) is 12.4 Å². The van der Waals surface area contributed by atoms with Crippen molar-refractivity contribution in [2.75, 3.05) is 20.1 Å². The Labute approximate surface area is 128 Å². The molecule has 1 aliphatic rings. The summed E-state index contributed by atoms with van der Waals surface area (Å²) in [6.45, 7) is 6.22. The zero-order valence-electron chi connectivity index (χ0n) is 12.6. The lowest BCUT2D eigenvalue weighted by molar-refractivity contribution is -0.132. The summed E-state index contributed by atoms with van der Waals surface area (Å²) in [6, 6.07) is 10.6. The summed E-state index contributed by atoms with van der Waals surface area (Å²) in [4.78, 5) is 14.3. The van der Waals surface area contributed by atoms with Gasteiger partial charge in [-0.25, -0.2) is 0 Å². The van der Waals surface area contributed by atoms with Crippen molar-refractivity contribution in [1.29, 1.82) is 0 Å². The van der Waals surface area contributed by atoms with Crippen LogP contribution in [-0.2, 0) is 10.2 Å². The number of hydrogen-bond donors (Lipinski definition) is 1. The fourth-order valence-corrected chi connectivity index (χ4v) is 2.67. The highest BCUT2D eigenvalue weighted by atomic mass is 35.5. The van der Waals surface area contributed by atoms with Gasteiger partial charge in [0.2, 0.25) is 5.91 Å². The largest absolute Gasteiger partial charge is 0.341 e. The summed E-state index contributed by atoms with van der Waals surface area (Å²) in [6.07, 6.45) is 1.62. The number of halogens is 1. The third-order valence-electron chi connectivity index (χ3n) is 4.12. The number of likely N-dealkylation sites (N-methyl/N-ethyl adjacent to an activating group) is 1. The van der Waals surface area contributed by atoms with Gasteiger partial charge in [-0.1, -0.05) is 44.2 Å². The number of carbonyl (C=O) groups is 1. The highest BCUT2D eigenvalue weighted by molar-refractivity contribution is 5.85. The standard InChI is InChI=1S/C16H24N2O.ClH/c1-16(2,13-7-5-4-6-8-13)11-15(19)18(3)14-9-10-17-12-14;/h4-8,14,17H,9-12H2,1-3H3;1H. The molecule has 1 aromatic rings. The molecule has 1 atom stereocenters. The van der Waals surface area contributed by atoms with E-state index in [1.807, 2.05) is 30.1 Å². The number of rotatable bonds is 4. The predicted octanol–water partition coefficient (Wildman–Crippen LogP) is 2.60. The van der Waals surface area contributed by atoms with E-state index in [9.17, 15) is 4.79 Å². The molecule has 0 radical (unpaired) electrons. The third kappa shape index (κ3) is 3.97. The zero-order valence-corrected chi connectivity index (χ0v) is 13.4. The summed E-state index contributed by atoms with van der Waals surface area (Å²) in [5.74, 6) is 0.238. The van der Waals surface area contributed by atoms with Crippen LogP contribution in [0.4, 0.5) is 0 Å². The number of nitrogens with zero attached hydrogens (tertiary/aromatic N) is 1. The summed E-state index contributed by atoms with van der Waals surface area (Å²) in [5.41, 5.74) is 1.11. The Bertz CT molecular complexity index is 427. The molecule has 112 valence electrons. The minimum Gasteiger partial charge on any atom is -0.341 e. The normalized spacial score (nSPS) is 18.4. The van der Waals surface area contributed by atoms with Gasteiger partial charge in [-0.3, -0.25) is 4.79 Å². The molecule has 1 aliphatic heterocycles. The van der Waals surface area contributed by atoms with Gasteiger partial charge in [-0.2, -0.15) is 0 Å². The van der Waals surface area contributed by atoms with E-state index in [4.69, 9.17) is 0 Å². The lowest BCUT2D eigenvalue weighted by atomic mass is 9.81. The van der Waals surface area contributed by atoms with E-state index in [-0.39, 0.29) is 23.7 Å². The van der Waals surface area contributed by atoms with Crippen molar-refractivity contribution >= 4 is 18.3 Å². The second-order valence-corrected chi connectivity index (χ2v) is 6.08. The Morgan fingerprint density at radius 3 is 2.55 bits per heavy atom. The number of nitrogens with one attached hydrogen (secondary N) is 1. The van der Waals surface area contributed by atoms with Crippen molar-refractivity contribution in [1.82, 2.24) is 10.2 Å². The van der Waals surface area contributed by atoms with E-state index in [2.05, 4.69) is 31.3 Å². The van der Waals surface area contributed by atoms with E-state index in [0.717, 1.165) is 19.5 Å². The Hall–Kier alpha value is -1.06. The minimum atomic E-state index is -0.112. The molecule has 3 nitrogen and oxygen atoms in total. The van der Waals surface area contributed by atoms with Crippen LogP contribution in [0, 0.1) is 0 Å². The maximum absolute atomic E-state index is 12.4. The molecule has 0 saturated carbocycles. The first-order valence-electron chi connectivity index (χ1n) is 7.02. The van der Waals surface area contributed by atoms with Crippen molar-refractivity contribution in [3.63, 3.8) is 0 Å². The van der Waals surface area contributed by atoms with E-state index >= 15 is 0 Å². The van der Waals surface area contributed by atoms with E-state index < -0.39 is 0 Å². The van der Waals surface area contributed by atoms with Crippen LogP contribution in [0.1, 0.15) is 32.3 Å². The molecule has 1 saturated heterocycles. The van der Waals surface area contributed by atoms with Crippen LogP contribution >= 0.6 is 12.4 Å². The average Bonchev–Trinajstić information content (AvgIpc) is 2.92. The molecule has 1 amide bonds. The molecule has 0 spiro atoms. The fraction of sp³-hybridized carbons (Fsp3) is 0.562. The Morgan fingerprint density at radius 1 is 1.35 bits per heavy atom. The van der Waals surface area contributed by atoms with Gasteiger partial charge in [0.15, 0.2) is 0 Å². The summed E-state index contributed by atoms with van der Waals surface area (Å²) in [7, 11) is 1.93. The molecular weight excluding hydrogens is 272 g/mol. The summed E-state index contributed by atoms with van der Waals surface area (Å²) >= 11 is 0. The quantitative estimate of drug-likeness (QED) is 0.926. The zero-order chi connectivity index (χ0) is 13.9. The number of carbonyl (C=O) groups excluding carboxylic acids is 1. The lowest BCUT2D eigenvalue weighted by Crippen LogP contribution is -2.40. The van der Waals surface area contributed by atoms with Crippen LogP contribution in [0.5, 0.6) is 0 Å². The second-order valence-electron chi connectivity index (χ2n) is 6.08. The summed E-state index contributed by atoms with van der Waals surface area (Å²) in [5, 5.41) is 3.31.